The summed E-state index contributed by atoms with van der Waals surface area (Å²) >= 11 is 7.24. The van der Waals surface area contributed by atoms with Gasteiger partial charge in [-0.25, -0.2) is 9.79 Å². The zero-order valence-corrected chi connectivity index (χ0v) is 12.6. The van der Waals surface area contributed by atoms with Crippen LogP contribution in [0.3, 0.4) is 0 Å². The summed E-state index contributed by atoms with van der Waals surface area (Å²) in [5.41, 5.74) is 0.946. The van der Waals surface area contributed by atoms with Gasteiger partial charge in [0.1, 0.15) is 5.75 Å². The Bertz CT molecular complexity index is 764. The van der Waals surface area contributed by atoms with Crippen LogP contribution in [-0.4, -0.2) is 19.0 Å². The highest BCUT2D eigenvalue weighted by Gasteiger charge is 2.24. The highest BCUT2D eigenvalue weighted by atomic mass is 35.5. The van der Waals surface area contributed by atoms with Crippen molar-refractivity contribution in [1.29, 1.82) is 0 Å². The summed E-state index contributed by atoms with van der Waals surface area (Å²) < 4.78 is 11.0. The summed E-state index contributed by atoms with van der Waals surface area (Å²) in [5, 5.41) is 0. The summed E-state index contributed by atoms with van der Waals surface area (Å²) in [6.07, 6.45) is 1.66. The van der Waals surface area contributed by atoms with Crippen molar-refractivity contribution in [1.82, 2.24) is 0 Å². The number of esters is 1. The maximum absolute atomic E-state index is 11.9. The number of thiophene rings is 1. The lowest BCUT2D eigenvalue weighted by molar-refractivity contribution is -0.129. The standard InChI is InChI=1S/C15H10ClNO3S/c1-19-10-4-2-3-9(7-10)14-17-12(15(18)20-14)8-11-5-6-13(16)21-11/h2-8H,1H3/b12-8+. The van der Waals surface area contributed by atoms with E-state index in [0.717, 1.165) is 4.88 Å². The lowest BCUT2D eigenvalue weighted by atomic mass is 10.2. The van der Waals surface area contributed by atoms with Crippen molar-refractivity contribution in [3.8, 4) is 5.75 Å². The molecule has 1 aromatic carbocycles. The number of carbonyl (C=O) groups excluding carboxylic acids is 1. The van der Waals surface area contributed by atoms with E-state index in [0.29, 0.717) is 15.6 Å². The highest BCUT2D eigenvalue weighted by Crippen LogP contribution is 2.26. The van der Waals surface area contributed by atoms with Crippen LogP contribution in [0.25, 0.3) is 6.08 Å². The predicted molar refractivity (Wildman–Crippen MR) is 82.9 cm³/mol. The molecule has 106 valence electrons. The maximum atomic E-state index is 11.9. The summed E-state index contributed by atoms with van der Waals surface area (Å²) in [4.78, 5) is 16.9. The van der Waals surface area contributed by atoms with E-state index in [9.17, 15) is 4.79 Å². The lowest BCUT2D eigenvalue weighted by Gasteiger charge is -2.02. The molecule has 0 amide bonds. The molecule has 0 saturated carbocycles. The molecule has 3 rings (SSSR count). The molecule has 0 spiro atoms. The van der Waals surface area contributed by atoms with Crippen molar-refractivity contribution in [3.63, 3.8) is 0 Å². The third kappa shape index (κ3) is 2.99. The normalized spacial score (nSPS) is 16.0. The van der Waals surface area contributed by atoms with Gasteiger partial charge < -0.3 is 9.47 Å². The molecule has 21 heavy (non-hydrogen) atoms. The van der Waals surface area contributed by atoms with Crippen molar-refractivity contribution in [2.45, 2.75) is 0 Å². The number of aliphatic imine (C=N–C) groups is 1. The first-order valence-corrected chi connectivity index (χ1v) is 7.27. The Hall–Kier alpha value is -2.11. The van der Waals surface area contributed by atoms with Crippen LogP contribution >= 0.6 is 22.9 Å². The second-order valence-electron chi connectivity index (χ2n) is 4.21. The molecule has 6 heteroatoms. The first kappa shape index (κ1) is 13.9. The van der Waals surface area contributed by atoms with Crippen LogP contribution in [0.2, 0.25) is 4.34 Å². The predicted octanol–water partition coefficient (Wildman–Crippen LogP) is 3.75. The minimum Gasteiger partial charge on any atom is -0.497 e. The van der Waals surface area contributed by atoms with E-state index in [1.165, 1.54) is 11.3 Å². The van der Waals surface area contributed by atoms with E-state index in [1.54, 1.807) is 31.4 Å². The second kappa shape index (κ2) is 5.71. The van der Waals surface area contributed by atoms with Gasteiger partial charge in [0.25, 0.3) is 0 Å². The summed E-state index contributed by atoms with van der Waals surface area (Å²) in [6, 6.07) is 10.8. The molecule has 4 nitrogen and oxygen atoms in total. The Kier molecular flexibility index (Phi) is 3.77. The topological polar surface area (TPSA) is 47.9 Å². The van der Waals surface area contributed by atoms with Crippen LogP contribution < -0.4 is 4.74 Å². The van der Waals surface area contributed by atoms with Gasteiger partial charge in [-0.2, -0.15) is 0 Å². The Morgan fingerprint density at radius 2 is 2.19 bits per heavy atom. The Labute approximate surface area is 130 Å². The van der Waals surface area contributed by atoms with Crippen molar-refractivity contribution >= 4 is 40.9 Å². The molecular weight excluding hydrogens is 310 g/mol. The molecule has 2 aromatic rings. The largest absolute Gasteiger partial charge is 0.497 e. The number of methoxy groups -OCH3 is 1. The number of cyclic esters (lactones) is 1. The second-order valence-corrected chi connectivity index (χ2v) is 5.96. The number of benzene rings is 1. The van der Waals surface area contributed by atoms with E-state index < -0.39 is 5.97 Å². The van der Waals surface area contributed by atoms with Gasteiger partial charge in [-0.3, -0.25) is 0 Å². The number of ether oxygens (including phenoxy) is 2. The van der Waals surface area contributed by atoms with Gasteiger partial charge in [-0.15, -0.1) is 11.3 Å². The van der Waals surface area contributed by atoms with E-state index in [4.69, 9.17) is 21.1 Å². The van der Waals surface area contributed by atoms with Crippen LogP contribution in [-0.2, 0) is 9.53 Å². The third-order valence-electron chi connectivity index (χ3n) is 2.81. The van der Waals surface area contributed by atoms with Gasteiger partial charge in [0.15, 0.2) is 5.70 Å². The molecule has 0 atom stereocenters. The monoisotopic (exact) mass is 319 g/mol. The minimum atomic E-state index is -0.475. The van der Waals surface area contributed by atoms with Crippen molar-refractivity contribution in [3.05, 3.63) is 56.9 Å². The van der Waals surface area contributed by atoms with Crippen LogP contribution in [0, 0.1) is 0 Å². The molecule has 0 unspecified atom stereocenters. The molecule has 1 aliphatic rings. The molecule has 1 aromatic heterocycles. The SMILES string of the molecule is COc1cccc(C2=N/C(=C/c3ccc(Cl)s3)C(=O)O2)c1. The number of hydrogen-bond acceptors (Lipinski definition) is 5. The zero-order valence-electron chi connectivity index (χ0n) is 11.0. The van der Waals surface area contributed by atoms with Crippen LogP contribution in [0.5, 0.6) is 5.75 Å². The van der Waals surface area contributed by atoms with Gasteiger partial charge in [-0.1, -0.05) is 17.7 Å². The van der Waals surface area contributed by atoms with E-state index in [2.05, 4.69) is 4.99 Å². The van der Waals surface area contributed by atoms with Gasteiger partial charge in [0.05, 0.1) is 11.4 Å². The van der Waals surface area contributed by atoms with Gasteiger partial charge in [0, 0.05) is 10.4 Å². The summed E-state index contributed by atoms with van der Waals surface area (Å²) in [5.74, 6) is 0.471. The van der Waals surface area contributed by atoms with Gasteiger partial charge >= 0.3 is 5.97 Å². The number of halogens is 1. The molecular formula is C15H10ClNO3S. The van der Waals surface area contributed by atoms with Crippen LogP contribution in [0.15, 0.2) is 47.1 Å². The highest BCUT2D eigenvalue weighted by molar-refractivity contribution is 7.17. The molecule has 0 aliphatic carbocycles. The van der Waals surface area contributed by atoms with Crippen molar-refractivity contribution in [2.24, 2.45) is 4.99 Å². The summed E-state index contributed by atoms with van der Waals surface area (Å²) in [6.45, 7) is 0. The fourth-order valence-corrected chi connectivity index (χ4v) is 2.83. The fraction of sp³-hybridized carbons (Fsp3) is 0.0667. The molecule has 1 aliphatic heterocycles. The van der Waals surface area contributed by atoms with E-state index in [-0.39, 0.29) is 11.6 Å². The molecule has 0 radical (unpaired) electrons. The first-order valence-electron chi connectivity index (χ1n) is 6.08. The number of hydrogen-bond donors (Lipinski definition) is 0. The smallest absolute Gasteiger partial charge is 0.363 e. The third-order valence-corrected chi connectivity index (χ3v) is 3.99. The maximum Gasteiger partial charge on any atom is 0.363 e. The molecule has 0 saturated heterocycles. The lowest BCUT2D eigenvalue weighted by Crippen LogP contribution is -2.05. The number of nitrogens with zero attached hydrogens (tertiary/aromatic N) is 1. The van der Waals surface area contributed by atoms with Gasteiger partial charge in [-0.05, 0) is 36.4 Å². The van der Waals surface area contributed by atoms with Gasteiger partial charge in [0.2, 0.25) is 5.90 Å². The molecule has 2 heterocycles. The van der Waals surface area contributed by atoms with E-state index in [1.807, 2.05) is 18.2 Å². The van der Waals surface area contributed by atoms with Crippen LogP contribution in [0.4, 0.5) is 0 Å². The van der Waals surface area contributed by atoms with Crippen molar-refractivity contribution < 1.29 is 14.3 Å². The summed E-state index contributed by atoms with van der Waals surface area (Å²) in [7, 11) is 1.58. The number of rotatable bonds is 3. The van der Waals surface area contributed by atoms with Crippen molar-refractivity contribution in [2.75, 3.05) is 7.11 Å². The molecule has 0 bridgehead atoms. The first-order chi connectivity index (χ1) is 10.2. The average Bonchev–Trinajstić information content (AvgIpc) is 3.06. The minimum absolute atomic E-state index is 0.256. The zero-order chi connectivity index (χ0) is 14.8. The average molecular weight is 320 g/mol. The Morgan fingerprint density at radius 1 is 1.33 bits per heavy atom. The molecule has 0 N–H and O–H groups in total. The van der Waals surface area contributed by atoms with Crippen LogP contribution in [0.1, 0.15) is 10.4 Å². The quantitative estimate of drug-likeness (QED) is 0.639. The van der Waals surface area contributed by atoms with E-state index >= 15 is 0 Å². The Morgan fingerprint density at radius 3 is 2.90 bits per heavy atom. The number of carbonyl (C=O) groups is 1. The Balaban J connectivity index is 1.93. The molecule has 0 fully saturated rings. The fourth-order valence-electron chi connectivity index (χ4n) is 1.83.